The summed E-state index contributed by atoms with van der Waals surface area (Å²) in [6, 6.07) is 27.2. The molecule has 0 bridgehead atoms. The third-order valence-electron chi connectivity index (χ3n) is 4.67. The summed E-state index contributed by atoms with van der Waals surface area (Å²) in [6.07, 6.45) is 0.661. The van der Waals surface area contributed by atoms with Gasteiger partial charge in [-0.15, -0.1) is 0 Å². The van der Waals surface area contributed by atoms with Gasteiger partial charge in [-0.25, -0.2) is 0 Å². The molecule has 0 saturated carbocycles. The molecule has 3 heteroatoms. The average molecular weight is 346 g/mol. The first-order valence-electron chi connectivity index (χ1n) is 8.64. The molecule has 0 aliphatic heterocycles. The summed E-state index contributed by atoms with van der Waals surface area (Å²) >= 11 is 0. The molecule has 0 aliphatic carbocycles. The summed E-state index contributed by atoms with van der Waals surface area (Å²) in [5.41, 5.74) is 2.93. The van der Waals surface area contributed by atoms with E-state index < -0.39 is 11.9 Å². The van der Waals surface area contributed by atoms with E-state index in [4.69, 9.17) is 4.74 Å². The molecule has 0 saturated heterocycles. The molecular weight excluding hydrogens is 324 g/mol. The van der Waals surface area contributed by atoms with Crippen molar-refractivity contribution < 1.29 is 14.6 Å². The summed E-state index contributed by atoms with van der Waals surface area (Å²) < 4.78 is 5.20. The third-order valence-corrected chi connectivity index (χ3v) is 4.67. The minimum absolute atomic E-state index is 0.163. The fraction of sp³-hybridized carbons (Fsp3) is 0.174. The highest BCUT2D eigenvalue weighted by atomic mass is 16.5. The minimum Gasteiger partial charge on any atom is -0.497 e. The Balaban J connectivity index is 2.02. The van der Waals surface area contributed by atoms with Gasteiger partial charge in [0.05, 0.1) is 13.0 Å². The first-order chi connectivity index (χ1) is 12.7. The van der Waals surface area contributed by atoms with E-state index >= 15 is 0 Å². The van der Waals surface area contributed by atoms with Crippen LogP contribution in [0.1, 0.15) is 28.5 Å². The van der Waals surface area contributed by atoms with Crippen LogP contribution in [0.5, 0.6) is 5.75 Å². The van der Waals surface area contributed by atoms with Crippen LogP contribution in [0.2, 0.25) is 0 Å². The molecule has 3 rings (SSSR count). The van der Waals surface area contributed by atoms with E-state index in [1.54, 1.807) is 7.11 Å². The van der Waals surface area contributed by atoms with Gasteiger partial charge in [0.1, 0.15) is 5.75 Å². The maximum absolute atomic E-state index is 12.2. The number of aliphatic carboxylic acids is 1. The Morgan fingerprint density at radius 1 is 0.846 bits per heavy atom. The Morgan fingerprint density at radius 3 is 1.96 bits per heavy atom. The Labute approximate surface area is 153 Å². The molecule has 0 amide bonds. The summed E-state index contributed by atoms with van der Waals surface area (Å²) in [5, 5.41) is 10.0. The summed E-state index contributed by atoms with van der Waals surface area (Å²) in [5.74, 6) is -0.898. The molecule has 0 aliphatic rings. The highest BCUT2D eigenvalue weighted by molar-refractivity contribution is 5.78. The maximum atomic E-state index is 12.2. The van der Waals surface area contributed by atoms with Crippen LogP contribution in [-0.4, -0.2) is 18.2 Å². The Hall–Kier alpha value is -3.07. The lowest BCUT2D eigenvalue weighted by molar-refractivity contribution is -0.139. The van der Waals surface area contributed by atoms with Gasteiger partial charge < -0.3 is 9.84 Å². The van der Waals surface area contributed by atoms with Crippen molar-refractivity contribution in [2.75, 3.05) is 7.11 Å². The number of hydrogen-bond donors (Lipinski definition) is 1. The standard InChI is InChI=1S/C23H22O3/c1-26-20-14-12-19(13-15-20)22(23(24)25)21(18-10-6-3-7-11-18)16-17-8-4-2-5-9-17/h2-15,21-22H,16H2,1H3,(H,24,25). The predicted molar refractivity (Wildman–Crippen MR) is 103 cm³/mol. The molecule has 2 atom stereocenters. The number of methoxy groups -OCH3 is 1. The van der Waals surface area contributed by atoms with Crippen LogP contribution in [0.4, 0.5) is 0 Å². The SMILES string of the molecule is COc1ccc(C(C(=O)O)C(Cc2ccccc2)c2ccccc2)cc1. The van der Waals surface area contributed by atoms with Gasteiger partial charge in [0.2, 0.25) is 0 Å². The quantitative estimate of drug-likeness (QED) is 0.662. The zero-order valence-corrected chi connectivity index (χ0v) is 14.7. The van der Waals surface area contributed by atoms with Gasteiger partial charge in [-0.3, -0.25) is 4.79 Å². The molecule has 0 spiro atoms. The molecule has 0 heterocycles. The van der Waals surface area contributed by atoms with Crippen LogP contribution in [-0.2, 0) is 11.2 Å². The van der Waals surface area contributed by atoms with Crippen molar-refractivity contribution in [1.82, 2.24) is 0 Å². The Kier molecular flexibility index (Phi) is 5.69. The van der Waals surface area contributed by atoms with Crippen LogP contribution >= 0.6 is 0 Å². The molecule has 3 aromatic carbocycles. The molecule has 132 valence electrons. The molecule has 0 aromatic heterocycles. The average Bonchev–Trinajstić information content (AvgIpc) is 2.69. The van der Waals surface area contributed by atoms with Gasteiger partial charge in [-0.05, 0) is 35.2 Å². The fourth-order valence-electron chi connectivity index (χ4n) is 3.35. The summed E-state index contributed by atoms with van der Waals surface area (Å²) in [7, 11) is 1.60. The van der Waals surface area contributed by atoms with Crippen molar-refractivity contribution in [3.05, 3.63) is 102 Å². The number of benzene rings is 3. The predicted octanol–water partition coefficient (Wildman–Crippen LogP) is 4.89. The topological polar surface area (TPSA) is 46.5 Å². The highest BCUT2D eigenvalue weighted by Crippen LogP contribution is 2.36. The maximum Gasteiger partial charge on any atom is 0.311 e. The molecule has 1 N–H and O–H groups in total. The fourth-order valence-corrected chi connectivity index (χ4v) is 3.35. The molecule has 2 unspecified atom stereocenters. The zero-order chi connectivity index (χ0) is 18.4. The normalized spacial score (nSPS) is 13.0. The van der Waals surface area contributed by atoms with Gasteiger partial charge in [0.25, 0.3) is 0 Å². The van der Waals surface area contributed by atoms with Crippen LogP contribution in [0.3, 0.4) is 0 Å². The molecule has 3 aromatic rings. The van der Waals surface area contributed by atoms with E-state index in [0.29, 0.717) is 6.42 Å². The molecular formula is C23H22O3. The lowest BCUT2D eigenvalue weighted by atomic mass is 9.78. The first kappa shape index (κ1) is 17.7. The highest BCUT2D eigenvalue weighted by Gasteiger charge is 2.31. The number of carboxylic acid groups (broad SMARTS) is 1. The monoisotopic (exact) mass is 346 g/mol. The summed E-state index contributed by atoms with van der Waals surface area (Å²) in [6.45, 7) is 0. The van der Waals surface area contributed by atoms with E-state index in [1.165, 1.54) is 0 Å². The lowest BCUT2D eigenvalue weighted by Crippen LogP contribution is -2.22. The largest absolute Gasteiger partial charge is 0.497 e. The van der Waals surface area contributed by atoms with Gasteiger partial charge in [0, 0.05) is 5.92 Å². The number of hydrogen-bond acceptors (Lipinski definition) is 2. The smallest absolute Gasteiger partial charge is 0.311 e. The number of carbonyl (C=O) groups is 1. The van der Waals surface area contributed by atoms with E-state index in [-0.39, 0.29) is 5.92 Å². The first-order valence-corrected chi connectivity index (χ1v) is 8.64. The zero-order valence-electron chi connectivity index (χ0n) is 14.7. The van der Waals surface area contributed by atoms with Crippen molar-refractivity contribution in [1.29, 1.82) is 0 Å². The molecule has 26 heavy (non-hydrogen) atoms. The van der Waals surface area contributed by atoms with Crippen molar-refractivity contribution in [2.24, 2.45) is 0 Å². The van der Waals surface area contributed by atoms with Gasteiger partial charge in [-0.1, -0.05) is 72.8 Å². The lowest BCUT2D eigenvalue weighted by Gasteiger charge is -2.25. The van der Waals surface area contributed by atoms with Crippen LogP contribution in [0, 0.1) is 0 Å². The van der Waals surface area contributed by atoms with E-state index in [2.05, 4.69) is 0 Å². The number of rotatable bonds is 7. The van der Waals surface area contributed by atoms with Crippen LogP contribution in [0.25, 0.3) is 0 Å². The van der Waals surface area contributed by atoms with Crippen LogP contribution < -0.4 is 4.74 Å². The Morgan fingerprint density at radius 2 is 1.42 bits per heavy atom. The van der Waals surface area contributed by atoms with Crippen molar-refractivity contribution in [3.8, 4) is 5.75 Å². The third kappa shape index (κ3) is 4.12. The van der Waals surface area contributed by atoms with Gasteiger partial charge >= 0.3 is 5.97 Å². The number of ether oxygens (including phenoxy) is 1. The molecule has 3 nitrogen and oxygen atoms in total. The minimum atomic E-state index is -0.819. The number of carboxylic acids is 1. The van der Waals surface area contributed by atoms with Crippen molar-refractivity contribution in [3.63, 3.8) is 0 Å². The molecule has 0 radical (unpaired) electrons. The van der Waals surface area contributed by atoms with Gasteiger partial charge in [0.15, 0.2) is 0 Å². The second kappa shape index (κ2) is 8.34. The second-order valence-electron chi connectivity index (χ2n) is 6.30. The Bertz CT molecular complexity index is 826. The van der Waals surface area contributed by atoms with Crippen LogP contribution in [0.15, 0.2) is 84.9 Å². The summed E-state index contributed by atoms with van der Waals surface area (Å²) in [4.78, 5) is 12.2. The van der Waals surface area contributed by atoms with E-state index in [1.807, 2.05) is 84.9 Å². The van der Waals surface area contributed by atoms with E-state index in [9.17, 15) is 9.90 Å². The van der Waals surface area contributed by atoms with Crippen molar-refractivity contribution >= 4 is 5.97 Å². The van der Waals surface area contributed by atoms with E-state index in [0.717, 1.165) is 22.4 Å². The van der Waals surface area contributed by atoms with Crippen molar-refractivity contribution in [2.45, 2.75) is 18.3 Å². The molecule has 0 fully saturated rings. The second-order valence-corrected chi connectivity index (χ2v) is 6.30. The van der Waals surface area contributed by atoms with Gasteiger partial charge in [-0.2, -0.15) is 0 Å².